The molecule has 0 aliphatic heterocycles. The number of halogens is 6. The van der Waals surface area contributed by atoms with Gasteiger partial charge in [0.2, 0.25) is 0 Å². The van der Waals surface area contributed by atoms with E-state index in [0.29, 0.717) is 12.1 Å². The molecule has 0 radical (unpaired) electrons. The van der Waals surface area contributed by atoms with Crippen LogP contribution in [0.15, 0.2) is 39.6 Å². The molecule has 1 aromatic heterocycles. The first-order chi connectivity index (χ1) is 11.2. The van der Waals surface area contributed by atoms with Crippen molar-refractivity contribution in [2.75, 3.05) is 0 Å². The van der Waals surface area contributed by atoms with Gasteiger partial charge < -0.3 is 4.98 Å². The van der Waals surface area contributed by atoms with E-state index in [1.807, 2.05) is 0 Å². The number of nitrogens with one attached hydrogen (secondary N) is 1. The first-order valence-corrected chi connectivity index (χ1v) is 7.22. The fourth-order valence-electron chi connectivity index (χ4n) is 2.14. The standard InChI is InChI=1S/C15H6BrF5N2O/c16-9-2-1-6(15(19,20)21)3-7(9)13-22-12-5-11(18)10(17)4-8(12)14(24)23-13/h1-5H,(H,22,23,24). The van der Waals surface area contributed by atoms with Gasteiger partial charge in [-0.05, 0) is 24.3 Å². The molecule has 0 atom stereocenters. The Bertz CT molecular complexity index is 1010. The van der Waals surface area contributed by atoms with Crippen LogP contribution >= 0.6 is 15.9 Å². The van der Waals surface area contributed by atoms with Crippen LogP contribution in [0.5, 0.6) is 0 Å². The molecule has 3 aromatic rings. The van der Waals surface area contributed by atoms with Gasteiger partial charge >= 0.3 is 6.18 Å². The van der Waals surface area contributed by atoms with E-state index < -0.39 is 28.9 Å². The van der Waals surface area contributed by atoms with Crippen molar-refractivity contribution in [3.8, 4) is 11.4 Å². The zero-order valence-electron chi connectivity index (χ0n) is 11.5. The van der Waals surface area contributed by atoms with Crippen molar-refractivity contribution in [3.05, 3.63) is 62.4 Å². The maximum atomic E-state index is 13.3. The molecule has 24 heavy (non-hydrogen) atoms. The summed E-state index contributed by atoms with van der Waals surface area (Å²) in [6.07, 6.45) is -4.58. The summed E-state index contributed by atoms with van der Waals surface area (Å²) in [5.74, 6) is -2.63. The number of hydrogen-bond acceptors (Lipinski definition) is 2. The Morgan fingerprint density at radius 1 is 1.04 bits per heavy atom. The summed E-state index contributed by atoms with van der Waals surface area (Å²) in [7, 11) is 0. The minimum atomic E-state index is -4.58. The predicted molar refractivity (Wildman–Crippen MR) is 80.4 cm³/mol. The summed E-state index contributed by atoms with van der Waals surface area (Å²) in [4.78, 5) is 18.2. The molecule has 0 aliphatic carbocycles. The number of fused-ring (bicyclic) bond motifs is 1. The lowest BCUT2D eigenvalue weighted by Gasteiger charge is -2.10. The fraction of sp³-hybridized carbons (Fsp3) is 0.0667. The van der Waals surface area contributed by atoms with Gasteiger partial charge in [0, 0.05) is 16.1 Å². The Labute approximate surface area is 139 Å². The summed E-state index contributed by atoms with van der Waals surface area (Å²) >= 11 is 3.09. The third-order valence-electron chi connectivity index (χ3n) is 3.30. The topological polar surface area (TPSA) is 45.8 Å². The van der Waals surface area contributed by atoms with Gasteiger partial charge in [-0.2, -0.15) is 13.2 Å². The minimum Gasteiger partial charge on any atom is -0.306 e. The van der Waals surface area contributed by atoms with Crippen LogP contribution < -0.4 is 5.56 Å². The molecule has 3 rings (SSSR count). The van der Waals surface area contributed by atoms with Gasteiger partial charge in [-0.25, -0.2) is 13.8 Å². The minimum absolute atomic E-state index is 0.0337. The fourth-order valence-corrected chi connectivity index (χ4v) is 2.58. The third kappa shape index (κ3) is 2.91. The average molecular weight is 405 g/mol. The van der Waals surface area contributed by atoms with Gasteiger partial charge in [-0.15, -0.1) is 0 Å². The van der Waals surface area contributed by atoms with Crippen LogP contribution in [0.1, 0.15) is 5.56 Å². The van der Waals surface area contributed by atoms with Gasteiger partial charge in [-0.1, -0.05) is 15.9 Å². The molecule has 1 heterocycles. The highest BCUT2D eigenvalue weighted by Gasteiger charge is 2.31. The van der Waals surface area contributed by atoms with Crippen molar-refractivity contribution >= 4 is 26.8 Å². The number of hydrogen-bond donors (Lipinski definition) is 1. The molecule has 1 N–H and O–H groups in total. The number of aromatic amines is 1. The summed E-state index contributed by atoms with van der Waals surface area (Å²) in [6.45, 7) is 0. The summed E-state index contributed by atoms with van der Waals surface area (Å²) in [5, 5.41) is -0.208. The Kier molecular flexibility index (Phi) is 3.90. The van der Waals surface area contributed by atoms with Crippen molar-refractivity contribution in [3.63, 3.8) is 0 Å². The largest absolute Gasteiger partial charge is 0.416 e. The van der Waals surface area contributed by atoms with E-state index in [1.165, 1.54) is 0 Å². The number of rotatable bonds is 1. The second kappa shape index (κ2) is 5.66. The predicted octanol–water partition coefficient (Wildman–Crippen LogP) is 4.65. The van der Waals surface area contributed by atoms with Crippen molar-refractivity contribution < 1.29 is 22.0 Å². The van der Waals surface area contributed by atoms with Crippen molar-refractivity contribution in [1.82, 2.24) is 9.97 Å². The van der Waals surface area contributed by atoms with E-state index in [-0.39, 0.29) is 26.8 Å². The first kappa shape index (κ1) is 16.6. The lowest BCUT2D eigenvalue weighted by Crippen LogP contribution is -2.11. The van der Waals surface area contributed by atoms with Gasteiger partial charge in [0.05, 0.1) is 16.5 Å². The van der Waals surface area contributed by atoms with E-state index >= 15 is 0 Å². The van der Waals surface area contributed by atoms with Gasteiger partial charge in [0.1, 0.15) is 5.82 Å². The van der Waals surface area contributed by atoms with Crippen LogP contribution in [0, 0.1) is 11.6 Å². The molecule has 0 fully saturated rings. The van der Waals surface area contributed by atoms with E-state index in [2.05, 4.69) is 25.9 Å². The van der Waals surface area contributed by atoms with Crippen LogP contribution in [-0.4, -0.2) is 9.97 Å². The van der Waals surface area contributed by atoms with Gasteiger partial charge in [0.25, 0.3) is 5.56 Å². The highest BCUT2D eigenvalue weighted by atomic mass is 79.9. The smallest absolute Gasteiger partial charge is 0.306 e. The molecule has 0 aliphatic rings. The summed E-state index contributed by atoms with van der Waals surface area (Å²) in [6, 6.07) is 4.22. The number of alkyl halides is 3. The van der Waals surface area contributed by atoms with E-state index in [4.69, 9.17) is 0 Å². The zero-order valence-corrected chi connectivity index (χ0v) is 13.1. The van der Waals surface area contributed by atoms with Gasteiger partial charge in [0.15, 0.2) is 11.6 Å². The number of benzene rings is 2. The van der Waals surface area contributed by atoms with Crippen LogP contribution in [0.25, 0.3) is 22.3 Å². The highest BCUT2D eigenvalue weighted by molar-refractivity contribution is 9.10. The number of H-pyrrole nitrogens is 1. The third-order valence-corrected chi connectivity index (χ3v) is 3.99. The normalized spacial score (nSPS) is 11.9. The molecule has 0 saturated carbocycles. The molecule has 9 heteroatoms. The Morgan fingerprint density at radius 2 is 1.71 bits per heavy atom. The van der Waals surface area contributed by atoms with Crippen LogP contribution in [0.4, 0.5) is 22.0 Å². The maximum Gasteiger partial charge on any atom is 0.416 e. The first-order valence-electron chi connectivity index (χ1n) is 6.43. The molecular weight excluding hydrogens is 399 g/mol. The Balaban J connectivity index is 2.27. The second-order valence-corrected chi connectivity index (χ2v) is 5.74. The molecule has 3 nitrogen and oxygen atoms in total. The Hall–Kier alpha value is -2.29. The number of aromatic nitrogens is 2. The molecular formula is C15H6BrF5N2O. The summed E-state index contributed by atoms with van der Waals surface area (Å²) in [5.41, 5.74) is -1.93. The van der Waals surface area contributed by atoms with E-state index in [0.717, 1.165) is 18.2 Å². The Morgan fingerprint density at radius 3 is 2.38 bits per heavy atom. The van der Waals surface area contributed by atoms with E-state index in [9.17, 15) is 26.7 Å². The molecule has 0 unspecified atom stereocenters. The molecule has 2 aromatic carbocycles. The lowest BCUT2D eigenvalue weighted by molar-refractivity contribution is -0.137. The quantitative estimate of drug-likeness (QED) is 0.600. The molecule has 0 bridgehead atoms. The highest BCUT2D eigenvalue weighted by Crippen LogP contribution is 2.35. The maximum absolute atomic E-state index is 13.3. The lowest BCUT2D eigenvalue weighted by atomic mass is 10.1. The molecule has 0 spiro atoms. The van der Waals surface area contributed by atoms with Crippen molar-refractivity contribution in [2.45, 2.75) is 6.18 Å². The van der Waals surface area contributed by atoms with Crippen LogP contribution in [0.2, 0.25) is 0 Å². The average Bonchev–Trinajstić information content (AvgIpc) is 2.48. The van der Waals surface area contributed by atoms with Crippen molar-refractivity contribution in [2.24, 2.45) is 0 Å². The molecule has 0 amide bonds. The molecule has 0 saturated heterocycles. The monoisotopic (exact) mass is 404 g/mol. The van der Waals surface area contributed by atoms with Crippen molar-refractivity contribution in [1.29, 1.82) is 0 Å². The van der Waals surface area contributed by atoms with Crippen LogP contribution in [0.3, 0.4) is 0 Å². The SMILES string of the molecule is O=c1[nH]c(-c2cc(C(F)(F)F)ccc2Br)nc2cc(F)c(F)cc12. The molecule has 124 valence electrons. The van der Waals surface area contributed by atoms with Gasteiger partial charge in [-0.3, -0.25) is 4.79 Å². The summed E-state index contributed by atoms with van der Waals surface area (Å²) < 4.78 is 65.3. The number of nitrogens with zero attached hydrogens (tertiary/aromatic N) is 1. The zero-order chi connectivity index (χ0) is 17.6. The van der Waals surface area contributed by atoms with E-state index in [1.54, 1.807) is 0 Å². The van der Waals surface area contributed by atoms with Crippen LogP contribution in [-0.2, 0) is 6.18 Å². The second-order valence-electron chi connectivity index (χ2n) is 4.89.